The molecule has 0 saturated carbocycles. The van der Waals surface area contributed by atoms with E-state index in [1.807, 2.05) is 0 Å². The van der Waals surface area contributed by atoms with Crippen molar-refractivity contribution in [3.8, 4) is 0 Å². The summed E-state index contributed by atoms with van der Waals surface area (Å²) in [5.41, 5.74) is -0.408. The van der Waals surface area contributed by atoms with Crippen molar-refractivity contribution in [2.45, 2.75) is 19.5 Å². The highest BCUT2D eigenvalue weighted by atomic mass is 19.4. The smallest absolute Gasteiger partial charge is 0.416 e. The molecule has 0 N–H and O–H groups in total. The van der Waals surface area contributed by atoms with Crippen LogP contribution in [0.15, 0.2) is 28.8 Å². The number of esters is 1. The zero-order chi connectivity index (χ0) is 15.5. The fraction of sp³-hybridized carbons (Fsp3) is 0.308. The molecule has 0 bridgehead atoms. The molecule has 2 aromatic rings. The third kappa shape index (κ3) is 3.80. The van der Waals surface area contributed by atoms with Crippen LogP contribution in [0.5, 0.6) is 0 Å². The van der Waals surface area contributed by atoms with Gasteiger partial charge < -0.3 is 9.26 Å². The topological polar surface area (TPSA) is 65.2 Å². The number of ether oxygens (including phenoxy) is 1. The molecule has 0 unspecified atom stereocenters. The lowest BCUT2D eigenvalue weighted by Gasteiger charge is -2.07. The van der Waals surface area contributed by atoms with Crippen molar-refractivity contribution in [3.05, 3.63) is 47.1 Å². The van der Waals surface area contributed by atoms with Gasteiger partial charge in [-0.3, -0.25) is 0 Å². The molecule has 8 heteroatoms. The third-order valence-electron chi connectivity index (χ3n) is 2.54. The van der Waals surface area contributed by atoms with Crippen LogP contribution >= 0.6 is 0 Å². The van der Waals surface area contributed by atoms with Gasteiger partial charge in [0.25, 0.3) is 5.82 Å². The Bertz CT molecular complexity index is 638. The maximum atomic E-state index is 12.6. The molecule has 1 aromatic carbocycles. The fourth-order valence-electron chi connectivity index (χ4n) is 1.64. The largest absolute Gasteiger partial charge is 0.460 e. The minimum Gasteiger partial charge on any atom is -0.460 e. The lowest BCUT2D eigenvalue weighted by Crippen LogP contribution is -2.07. The first-order valence-corrected chi connectivity index (χ1v) is 6.06. The van der Waals surface area contributed by atoms with E-state index in [2.05, 4.69) is 14.9 Å². The van der Waals surface area contributed by atoms with E-state index in [4.69, 9.17) is 4.52 Å². The summed E-state index contributed by atoms with van der Waals surface area (Å²) in [6.07, 6.45) is -4.42. The van der Waals surface area contributed by atoms with Crippen molar-refractivity contribution in [2.24, 2.45) is 0 Å². The number of benzene rings is 1. The second-order valence-electron chi connectivity index (χ2n) is 4.11. The van der Waals surface area contributed by atoms with Gasteiger partial charge in [-0.05, 0) is 23.7 Å². The van der Waals surface area contributed by atoms with Crippen LogP contribution in [0, 0.1) is 0 Å². The normalized spacial score (nSPS) is 11.4. The van der Waals surface area contributed by atoms with Gasteiger partial charge in [-0.25, -0.2) is 4.79 Å². The van der Waals surface area contributed by atoms with Crippen LogP contribution in [0.1, 0.15) is 34.6 Å². The van der Waals surface area contributed by atoms with Gasteiger partial charge in [-0.15, -0.1) is 0 Å². The summed E-state index contributed by atoms with van der Waals surface area (Å²) in [4.78, 5) is 15.1. The third-order valence-corrected chi connectivity index (χ3v) is 2.54. The number of aromatic nitrogens is 2. The molecule has 21 heavy (non-hydrogen) atoms. The van der Waals surface area contributed by atoms with Gasteiger partial charge in [0, 0.05) is 0 Å². The van der Waals surface area contributed by atoms with E-state index in [0.29, 0.717) is 5.56 Å². The molecule has 2 rings (SSSR count). The summed E-state index contributed by atoms with van der Waals surface area (Å²) < 4.78 is 47.3. The van der Waals surface area contributed by atoms with E-state index in [1.54, 1.807) is 6.92 Å². The van der Waals surface area contributed by atoms with Gasteiger partial charge >= 0.3 is 12.1 Å². The maximum absolute atomic E-state index is 12.6. The Balaban J connectivity index is 2.14. The van der Waals surface area contributed by atoms with E-state index in [9.17, 15) is 18.0 Å². The van der Waals surface area contributed by atoms with E-state index in [0.717, 1.165) is 12.1 Å². The molecule has 0 aliphatic rings. The first-order valence-electron chi connectivity index (χ1n) is 6.06. The number of halogens is 3. The van der Waals surface area contributed by atoms with Crippen LogP contribution < -0.4 is 0 Å². The highest BCUT2D eigenvalue weighted by molar-refractivity contribution is 5.84. The van der Waals surface area contributed by atoms with Crippen molar-refractivity contribution in [2.75, 3.05) is 6.61 Å². The molecule has 5 nitrogen and oxygen atoms in total. The second kappa shape index (κ2) is 5.94. The molecule has 0 atom stereocenters. The van der Waals surface area contributed by atoms with E-state index >= 15 is 0 Å². The summed E-state index contributed by atoms with van der Waals surface area (Å²) in [6.45, 7) is 1.79. The number of rotatable bonds is 4. The first-order chi connectivity index (χ1) is 9.90. The summed E-state index contributed by atoms with van der Waals surface area (Å²) >= 11 is 0. The monoisotopic (exact) mass is 300 g/mol. The molecule has 0 saturated heterocycles. The molecule has 1 heterocycles. The Kier molecular flexibility index (Phi) is 4.25. The summed E-state index contributed by atoms with van der Waals surface area (Å²) in [6, 6.07) is 4.76. The van der Waals surface area contributed by atoms with Crippen LogP contribution in [0.2, 0.25) is 0 Å². The average molecular weight is 300 g/mol. The number of hydrogen-bond acceptors (Lipinski definition) is 5. The van der Waals surface area contributed by atoms with Gasteiger partial charge in [0.1, 0.15) is 0 Å². The summed E-state index contributed by atoms with van der Waals surface area (Å²) in [5.74, 6) is -0.951. The number of hydrogen-bond donors (Lipinski definition) is 0. The van der Waals surface area contributed by atoms with Crippen molar-refractivity contribution < 1.29 is 27.2 Å². The Labute approximate surface area is 117 Å². The maximum Gasteiger partial charge on any atom is 0.416 e. The summed E-state index contributed by atoms with van der Waals surface area (Å²) in [5, 5.41) is 3.42. The quantitative estimate of drug-likeness (QED) is 0.812. The van der Waals surface area contributed by atoms with Crippen molar-refractivity contribution in [3.63, 3.8) is 0 Å². The lowest BCUT2D eigenvalue weighted by atomic mass is 10.1. The van der Waals surface area contributed by atoms with Gasteiger partial charge in [0.15, 0.2) is 0 Å². The predicted molar refractivity (Wildman–Crippen MR) is 64.5 cm³/mol. The highest BCUT2D eigenvalue weighted by Crippen LogP contribution is 2.29. The standard InChI is InChI=1S/C13H11F3N2O3/c1-2-20-12(19)11-17-10(21-18-11)7-8-4-3-5-9(6-8)13(14,15)16/h3-6H,2,7H2,1H3. The van der Waals surface area contributed by atoms with Crippen LogP contribution in [0.25, 0.3) is 0 Å². The van der Waals surface area contributed by atoms with Crippen LogP contribution in [-0.4, -0.2) is 22.7 Å². The average Bonchev–Trinajstić information content (AvgIpc) is 2.87. The van der Waals surface area contributed by atoms with E-state index in [-0.39, 0.29) is 24.7 Å². The second-order valence-corrected chi connectivity index (χ2v) is 4.11. The Morgan fingerprint density at radius 2 is 2.14 bits per heavy atom. The van der Waals surface area contributed by atoms with Gasteiger partial charge in [0.05, 0.1) is 18.6 Å². The minimum atomic E-state index is -4.42. The molecule has 0 radical (unpaired) electrons. The Hall–Kier alpha value is -2.38. The molecule has 112 valence electrons. The van der Waals surface area contributed by atoms with Crippen LogP contribution in [0.3, 0.4) is 0 Å². The van der Waals surface area contributed by atoms with E-state index < -0.39 is 17.7 Å². The Morgan fingerprint density at radius 1 is 1.38 bits per heavy atom. The molecule has 0 aliphatic carbocycles. The van der Waals surface area contributed by atoms with Crippen LogP contribution in [0.4, 0.5) is 13.2 Å². The molecule has 0 aliphatic heterocycles. The van der Waals surface area contributed by atoms with Gasteiger partial charge in [-0.1, -0.05) is 18.2 Å². The molecule has 0 fully saturated rings. The first kappa shape index (κ1) is 15.0. The number of alkyl halides is 3. The fourth-order valence-corrected chi connectivity index (χ4v) is 1.64. The van der Waals surface area contributed by atoms with E-state index in [1.165, 1.54) is 12.1 Å². The highest BCUT2D eigenvalue weighted by Gasteiger charge is 2.30. The molecular formula is C13H11F3N2O3. The Morgan fingerprint density at radius 3 is 2.81 bits per heavy atom. The van der Waals surface area contributed by atoms with Crippen molar-refractivity contribution in [1.29, 1.82) is 0 Å². The van der Waals surface area contributed by atoms with Crippen LogP contribution in [-0.2, 0) is 17.3 Å². The number of carbonyl (C=O) groups excluding carboxylic acids is 1. The zero-order valence-corrected chi connectivity index (χ0v) is 11.0. The minimum absolute atomic E-state index is 0.00365. The van der Waals surface area contributed by atoms with Gasteiger partial charge in [-0.2, -0.15) is 18.2 Å². The SMILES string of the molecule is CCOC(=O)c1noc(Cc2cccc(C(F)(F)F)c2)n1. The zero-order valence-electron chi connectivity index (χ0n) is 11.0. The summed E-state index contributed by atoms with van der Waals surface area (Å²) in [7, 11) is 0. The molecule has 0 amide bonds. The molecular weight excluding hydrogens is 289 g/mol. The lowest BCUT2D eigenvalue weighted by molar-refractivity contribution is -0.137. The predicted octanol–water partition coefficient (Wildman–Crippen LogP) is 2.86. The van der Waals surface area contributed by atoms with Crippen molar-refractivity contribution >= 4 is 5.97 Å². The molecule has 0 spiro atoms. The molecule has 1 aromatic heterocycles. The van der Waals surface area contributed by atoms with Crippen molar-refractivity contribution in [1.82, 2.24) is 10.1 Å². The van der Waals surface area contributed by atoms with Gasteiger partial charge in [0.2, 0.25) is 5.89 Å². The number of carbonyl (C=O) groups is 1. The number of nitrogens with zero attached hydrogens (tertiary/aromatic N) is 2.